The number of nitrogens with zero attached hydrogens (tertiary/aromatic N) is 2. The average Bonchev–Trinajstić information content (AvgIpc) is 2.73. The molecule has 1 fully saturated rings. The summed E-state index contributed by atoms with van der Waals surface area (Å²) in [6.45, 7) is 1.37. The van der Waals surface area contributed by atoms with Crippen molar-refractivity contribution in [3.8, 4) is 0 Å². The number of benzene rings is 1. The zero-order chi connectivity index (χ0) is 17.9. The van der Waals surface area contributed by atoms with Crippen LogP contribution < -0.4 is 5.32 Å². The second kappa shape index (κ2) is 6.90. The first-order valence-electron chi connectivity index (χ1n) is 7.05. The van der Waals surface area contributed by atoms with Gasteiger partial charge in [-0.1, -0.05) is 0 Å². The number of urea groups is 1. The molecule has 1 aromatic carbocycles. The molecule has 5 amide bonds. The molecule has 1 aliphatic rings. The van der Waals surface area contributed by atoms with E-state index in [9.17, 15) is 24.0 Å². The number of nitrogens with one attached hydrogen (secondary N) is 1. The number of imide groups is 2. The first kappa shape index (κ1) is 17.1. The maximum absolute atomic E-state index is 11.9. The second-order valence-electron chi connectivity index (χ2n) is 4.88. The second-order valence-corrected chi connectivity index (χ2v) is 4.88. The molecule has 1 N–H and O–H groups in total. The van der Waals surface area contributed by atoms with Gasteiger partial charge in [0, 0.05) is 12.7 Å². The van der Waals surface area contributed by atoms with Crippen molar-refractivity contribution in [2.24, 2.45) is 0 Å². The summed E-state index contributed by atoms with van der Waals surface area (Å²) in [5, 5.41) is 2.47. The number of hydrogen-bond acceptors (Lipinski definition) is 6. The van der Waals surface area contributed by atoms with Crippen LogP contribution in [0.5, 0.6) is 0 Å². The van der Waals surface area contributed by atoms with Crippen molar-refractivity contribution in [1.82, 2.24) is 9.80 Å². The Kier molecular flexibility index (Phi) is 4.93. The van der Waals surface area contributed by atoms with Gasteiger partial charge in [0.25, 0.3) is 0 Å². The number of ether oxygens (including phenoxy) is 1. The van der Waals surface area contributed by atoms with Crippen LogP contribution in [-0.2, 0) is 19.1 Å². The van der Waals surface area contributed by atoms with Crippen LogP contribution in [0.2, 0.25) is 0 Å². The Morgan fingerprint density at radius 3 is 2.21 bits per heavy atom. The molecule has 0 radical (unpaired) electrons. The van der Waals surface area contributed by atoms with Crippen molar-refractivity contribution in [2.75, 3.05) is 25.5 Å². The molecule has 0 aromatic heterocycles. The topological polar surface area (TPSA) is 113 Å². The molecule has 0 unspecified atom stereocenters. The minimum Gasteiger partial charge on any atom is -0.462 e. The van der Waals surface area contributed by atoms with Crippen molar-refractivity contribution < 1.29 is 28.7 Å². The number of rotatable bonds is 5. The number of amides is 5. The highest BCUT2D eigenvalue weighted by atomic mass is 16.5. The predicted molar refractivity (Wildman–Crippen MR) is 80.9 cm³/mol. The molecule has 0 saturated carbocycles. The molecule has 1 aliphatic heterocycles. The molecular formula is C15H15N3O6. The quantitative estimate of drug-likeness (QED) is 0.468. The Balaban J connectivity index is 1.98. The van der Waals surface area contributed by atoms with E-state index >= 15 is 0 Å². The predicted octanol–water partition coefficient (Wildman–Crippen LogP) is 0.222. The highest BCUT2D eigenvalue weighted by Crippen LogP contribution is 2.12. The number of anilines is 1. The van der Waals surface area contributed by atoms with Gasteiger partial charge in [-0.3, -0.25) is 19.3 Å². The van der Waals surface area contributed by atoms with Crippen molar-refractivity contribution in [3.63, 3.8) is 0 Å². The maximum Gasteiger partial charge on any atom is 0.338 e. The lowest BCUT2D eigenvalue weighted by atomic mass is 10.2. The molecule has 0 bridgehead atoms. The standard InChI is InChI=1S/C15H15N3O6/c1-3-24-14(22)9-4-6-10(7-5-9)16-11(19)8-18-13(21)12(20)17(2)15(18)23/h4-7H,3,8H2,1-2H3,(H,16,19). The molecule has 24 heavy (non-hydrogen) atoms. The summed E-state index contributed by atoms with van der Waals surface area (Å²) in [5.74, 6) is -3.16. The molecule has 126 valence electrons. The minimum absolute atomic E-state index is 0.252. The van der Waals surface area contributed by atoms with E-state index in [-0.39, 0.29) is 6.61 Å². The molecule has 1 aromatic rings. The summed E-state index contributed by atoms with van der Waals surface area (Å²) in [6, 6.07) is 5.05. The van der Waals surface area contributed by atoms with E-state index in [2.05, 4.69) is 5.32 Å². The molecule has 1 heterocycles. The van der Waals surface area contributed by atoms with Crippen molar-refractivity contribution in [2.45, 2.75) is 6.92 Å². The van der Waals surface area contributed by atoms with Crippen LogP contribution in [0.15, 0.2) is 24.3 Å². The summed E-state index contributed by atoms with van der Waals surface area (Å²) in [7, 11) is 1.16. The van der Waals surface area contributed by atoms with Gasteiger partial charge in [0.05, 0.1) is 12.2 Å². The monoisotopic (exact) mass is 333 g/mol. The lowest BCUT2D eigenvalue weighted by Gasteiger charge is -2.12. The van der Waals surface area contributed by atoms with Gasteiger partial charge >= 0.3 is 23.8 Å². The normalized spacial score (nSPS) is 14.2. The minimum atomic E-state index is -1.05. The van der Waals surface area contributed by atoms with E-state index in [0.717, 1.165) is 7.05 Å². The van der Waals surface area contributed by atoms with Gasteiger partial charge in [-0.2, -0.15) is 0 Å². The van der Waals surface area contributed by atoms with Gasteiger partial charge in [0.1, 0.15) is 6.54 Å². The molecule has 2 rings (SSSR count). The van der Waals surface area contributed by atoms with Gasteiger partial charge in [0.15, 0.2) is 0 Å². The van der Waals surface area contributed by atoms with Gasteiger partial charge < -0.3 is 10.1 Å². The van der Waals surface area contributed by atoms with Crippen LogP contribution in [0.4, 0.5) is 10.5 Å². The Morgan fingerprint density at radius 2 is 1.71 bits per heavy atom. The first-order valence-corrected chi connectivity index (χ1v) is 7.05. The molecule has 0 atom stereocenters. The fourth-order valence-corrected chi connectivity index (χ4v) is 2.00. The largest absolute Gasteiger partial charge is 0.462 e. The summed E-state index contributed by atoms with van der Waals surface area (Å²) >= 11 is 0. The van der Waals surface area contributed by atoms with Crippen LogP contribution in [0.3, 0.4) is 0 Å². The molecule has 0 spiro atoms. The summed E-state index contributed by atoms with van der Waals surface area (Å²) in [5.41, 5.74) is 0.693. The molecule has 1 saturated heterocycles. The fraction of sp³-hybridized carbons (Fsp3) is 0.267. The van der Waals surface area contributed by atoms with Crippen LogP contribution in [0, 0.1) is 0 Å². The Labute approximate surface area is 137 Å². The maximum atomic E-state index is 11.9. The average molecular weight is 333 g/mol. The van der Waals surface area contributed by atoms with Gasteiger partial charge in [-0.15, -0.1) is 0 Å². The third-order valence-corrected chi connectivity index (χ3v) is 3.23. The SMILES string of the molecule is CCOC(=O)c1ccc(NC(=O)CN2C(=O)C(=O)N(C)C2=O)cc1. The van der Waals surface area contributed by atoms with Crippen molar-refractivity contribution in [1.29, 1.82) is 0 Å². The van der Waals surface area contributed by atoms with Gasteiger partial charge in [-0.05, 0) is 31.2 Å². The van der Waals surface area contributed by atoms with E-state index in [1.807, 2.05) is 0 Å². The lowest BCUT2D eigenvalue weighted by molar-refractivity contribution is -0.143. The Bertz CT molecular complexity index is 712. The van der Waals surface area contributed by atoms with Crippen molar-refractivity contribution in [3.05, 3.63) is 29.8 Å². The van der Waals surface area contributed by atoms with E-state index in [0.29, 0.717) is 21.1 Å². The zero-order valence-corrected chi connectivity index (χ0v) is 13.1. The lowest BCUT2D eigenvalue weighted by Crippen LogP contribution is -2.38. The van der Waals surface area contributed by atoms with Gasteiger partial charge in [-0.25, -0.2) is 14.5 Å². The number of hydrogen-bond donors (Lipinski definition) is 1. The van der Waals surface area contributed by atoms with E-state index in [1.54, 1.807) is 6.92 Å². The molecule has 9 nitrogen and oxygen atoms in total. The van der Waals surface area contributed by atoms with Crippen molar-refractivity contribution >= 4 is 35.4 Å². The Morgan fingerprint density at radius 1 is 1.08 bits per heavy atom. The summed E-state index contributed by atoms with van der Waals surface area (Å²) < 4.78 is 4.84. The smallest absolute Gasteiger partial charge is 0.338 e. The Hall–Kier alpha value is -3.23. The van der Waals surface area contributed by atoms with E-state index in [4.69, 9.17) is 4.74 Å². The van der Waals surface area contributed by atoms with Gasteiger partial charge in [0.2, 0.25) is 5.91 Å². The van der Waals surface area contributed by atoms with Crippen LogP contribution in [0.25, 0.3) is 0 Å². The highest BCUT2D eigenvalue weighted by molar-refractivity contribution is 6.44. The highest BCUT2D eigenvalue weighted by Gasteiger charge is 2.42. The number of carbonyl (C=O) groups is 5. The van der Waals surface area contributed by atoms with Crippen LogP contribution in [-0.4, -0.2) is 59.7 Å². The summed E-state index contributed by atoms with van der Waals surface area (Å²) in [6.07, 6.45) is 0. The van der Waals surface area contributed by atoms with Crippen LogP contribution in [0.1, 0.15) is 17.3 Å². The summed E-state index contributed by atoms with van der Waals surface area (Å²) in [4.78, 5) is 59.2. The number of esters is 1. The number of carbonyl (C=O) groups excluding carboxylic acids is 5. The molecule has 9 heteroatoms. The van der Waals surface area contributed by atoms with Crippen LogP contribution >= 0.6 is 0 Å². The molecule has 0 aliphatic carbocycles. The van der Waals surface area contributed by atoms with E-state index in [1.165, 1.54) is 24.3 Å². The molecular weight excluding hydrogens is 318 g/mol. The third-order valence-electron chi connectivity index (χ3n) is 3.23. The third kappa shape index (κ3) is 3.40. The number of likely N-dealkylation sites (N-methyl/N-ethyl adjacent to an activating group) is 1. The van der Waals surface area contributed by atoms with E-state index < -0.39 is 36.3 Å². The fourth-order valence-electron chi connectivity index (χ4n) is 2.00. The first-order chi connectivity index (χ1) is 11.3. The zero-order valence-electron chi connectivity index (χ0n) is 13.1.